The van der Waals surface area contributed by atoms with Crippen molar-refractivity contribution in [3.63, 3.8) is 0 Å². The molecule has 3 rings (SSSR count). The summed E-state index contributed by atoms with van der Waals surface area (Å²) in [4.78, 5) is 16.1. The molecule has 0 saturated carbocycles. The SMILES string of the molecule is CCOC(=O)C1CC(c2ccc(-c3cccc(F)c3)cn2)=CN1. The number of hydrogen-bond acceptors (Lipinski definition) is 4. The Morgan fingerprint density at radius 1 is 1.35 bits per heavy atom. The number of halogens is 1. The van der Waals surface area contributed by atoms with Crippen molar-refractivity contribution in [3.05, 3.63) is 60.3 Å². The molecular formula is C18H17FN2O2. The molecule has 2 heterocycles. The fraction of sp³-hybridized carbons (Fsp3) is 0.222. The first-order chi connectivity index (χ1) is 11.2. The van der Waals surface area contributed by atoms with Crippen LogP contribution in [0, 0.1) is 5.82 Å². The van der Waals surface area contributed by atoms with Gasteiger partial charge < -0.3 is 10.1 Å². The monoisotopic (exact) mass is 312 g/mol. The Labute approximate surface area is 134 Å². The van der Waals surface area contributed by atoms with E-state index in [0.29, 0.717) is 13.0 Å². The lowest BCUT2D eigenvalue weighted by molar-refractivity contribution is -0.145. The molecule has 0 aliphatic carbocycles. The van der Waals surface area contributed by atoms with Crippen LogP contribution in [-0.4, -0.2) is 23.6 Å². The Balaban J connectivity index is 1.72. The largest absolute Gasteiger partial charge is 0.464 e. The number of rotatable bonds is 4. The first-order valence-corrected chi connectivity index (χ1v) is 7.51. The number of nitrogens with one attached hydrogen (secondary N) is 1. The van der Waals surface area contributed by atoms with Crippen LogP contribution in [0.5, 0.6) is 0 Å². The van der Waals surface area contributed by atoms with E-state index in [1.807, 2.05) is 18.2 Å². The average molecular weight is 312 g/mol. The van der Waals surface area contributed by atoms with Gasteiger partial charge in [-0.2, -0.15) is 0 Å². The lowest BCUT2D eigenvalue weighted by Crippen LogP contribution is -2.31. The van der Waals surface area contributed by atoms with Gasteiger partial charge in [-0.05, 0) is 36.3 Å². The minimum atomic E-state index is -0.352. The number of benzene rings is 1. The molecule has 5 heteroatoms. The molecule has 0 saturated heterocycles. The van der Waals surface area contributed by atoms with Crippen molar-refractivity contribution in [3.8, 4) is 11.1 Å². The van der Waals surface area contributed by atoms with E-state index >= 15 is 0 Å². The van der Waals surface area contributed by atoms with Gasteiger partial charge in [0.1, 0.15) is 11.9 Å². The first kappa shape index (κ1) is 15.2. The summed E-state index contributed by atoms with van der Waals surface area (Å²) in [6, 6.07) is 9.82. The number of esters is 1. The van der Waals surface area contributed by atoms with Gasteiger partial charge in [-0.25, -0.2) is 9.18 Å². The van der Waals surface area contributed by atoms with E-state index in [1.54, 1.807) is 25.4 Å². The number of ether oxygens (including phenoxy) is 1. The molecule has 0 fully saturated rings. The predicted molar refractivity (Wildman–Crippen MR) is 85.8 cm³/mol. The average Bonchev–Trinajstić information content (AvgIpc) is 3.05. The maximum Gasteiger partial charge on any atom is 0.328 e. The summed E-state index contributed by atoms with van der Waals surface area (Å²) in [5.41, 5.74) is 3.38. The van der Waals surface area contributed by atoms with E-state index in [4.69, 9.17) is 4.74 Å². The fourth-order valence-electron chi connectivity index (χ4n) is 2.53. The summed E-state index contributed by atoms with van der Waals surface area (Å²) in [5, 5.41) is 3.02. The summed E-state index contributed by atoms with van der Waals surface area (Å²) in [5.74, 6) is -0.526. The maximum atomic E-state index is 13.3. The topological polar surface area (TPSA) is 51.2 Å². The van der Waals surface area contributed by atoms with Gasteiger partial charge >= 0.3 is 5.97 Å². The highest BCUT2D eigenvalue weighted by Crippen LogP contribution is 2.25. The van der Waals surface area contributed by atoms with Crippen LogP contribution < -0.4 is 5.32 Å². The summed E-state index contributed by atoms with van der Waals surface area (Å²) < 4.78 is 18.3. The van der Waals surface area contributed by atoms with E-state index in [9.17, 15) is 9.18 Å². The van der Waals surface area contributed by atoms with Crippen LogP contribution in [-0.2, 0) is 9.53 Å². The lowest BCUT2D eigenvalue weighted by Gasteiger charge is -2.09. The van der Waals surface area contributed by atoms with Gasteiger partial charge in [-0.1, -0.05) is 18.2 Å². The van der Waals surface area contributed by atoms with E-state index < -0.39 is 0 Å². The van der Waals surface area contributed by atoms with Gasteiger partial charge in [0.15, 0.2) is 0 Å². The van der Waals surface area contributed by atoms with Gasteiger partial charge in [0, 0.05) is 24.4 Å². The van der Waals surface area contributed by atoms with Crippen LogP contribution in [0.4, 0.5) is 4.39 Å². The standard InChI is InChI=1S/C18H17FN2O2/c1-2-23-18(22)17-9-14(11-21-17)16-7-6-13(10-20-16)12-4-3-5-15(19)8-12/h3-8,10-11,17,21H,2,9H2,1H3. The minimum absolute atomic E-state index is 0.255. The molecule has 0 bridgehead atoms. The van der Waals surface area contributed by atoms with Gasteiger partial charge in [0.2, 0.25) is 0 Å². The van der Waals surface area contributed by atoms with Crippen molar-refractivity contribution in [1.82, 2.24) is 10.3 Å². The van der Waals surface area contributed by atoms with Crippen LogP contribution in [0.3, 0.4) is 0 Å². The third-order valence-corrected chi connectivity index (χ3v) is 3.70. The van der Waals surface area contributed by atoms with Gasteiger partial charge in [0.05, 0.1) is 12.3 Å². The van der Waals surface area contributed by atoms with Crippen LogP contribution >= 0.6 is 0 Å². The quantitative estimate of drug-likeness (QED) is 0.881. The predicted octanol–water partition coefficient (Wildman–Crippen LogP) is 3.15. The number of nitrogens with zero attached hydrogens (tertiary/aromatic N) is 1. The van der Waals surface area contributed by atoms with Crippen LogP contribution in [0.15, 0.2) is 48.8 Å². The van der Waals surface area contributed by atoms with Crippen molar-refractivity contribution in [2.75, 3.05) is 6.61 Å². The third kappa shape index (κ3) is 3.39. The Morgan fingerprint density at radius 3 is 2.91 bits per heavy atom. The third-order valence-electron chi connectivity index (χ3n) is 3.70. The molecule has 1 N–H and O–H groups in total. The Hall–Kier alpha value is -2.69. The fourth-order valence-corrected chi connectivity index (χ4v) is 2.53. The number of aromatic nitrogens is 1. The molecule has 0 radical (unpaired) electrons. The summed E-state index contributed by atoms with van der Waals surface area (Å²) in [7, 11) is 0. The molecule has 2 aromatic rings. The second kappa shape index (κ2) is 6.60. The molecule has 23 heavy (non-hydrogen) atoms. The van der Waals surface area contributed by atoms with Crippen molar-refractivity contribution >= 4 is 11.5 Å². The van der Waals surface area contributed by atoms with Crippen LogP contribution in [0.2, 0.25) is 0 Å². The molecule has 0 spiro atoms. The molecule has 4 nitrogen and oxygen atoms in total. The molecule has 1 unspecified atom stereocenters. The van der Waals surface area contributed by atoms with Gasteiger partial charge in [-0.3, -0.25) is 4.98 Å². The van der Waals surface area contributed by atoms with Gasteiger partial charge in [0.25, 0.3) is 0 Å². The van der Waals surface area contributed by atoms with Crippen molar-refractivity contribution in [2.45, 2.75) is 19.4 Å². The zero-order valence-corrected chi connectivity index (χ0v) is 12.8. The minimum Gasteiger partial charge on any atom is -0.464 e. The zero-order valence-electron chi connectivity index (χ0n) is 12.8. The number of carbonyl (C=O) groups is 1. The summed E-state index contributed by atoms with van der Waals surface area (Å²) in [6.07, 6.45) is 4.06. The molecule has 1 aromatic heterocycles. The lowest BCUT2D eigenvalue weighted by atomic mass is 10.0. The Morgan fingerprint density at radius 2 is 2.22 bits per heavy atom. The highest BCUT2D eigenvalue weighted by atomic mass is 19.1. The van der Waals surface area contributed by atoms with E-state index in [-0.39, 0.29) is 17.8 Å². The summed E-state index contributed by atoms with van der Waals surface area (Å²) >= 11 is 0. The normalized spacial score (nSPS) is 16.6. The first-order valence-electron chi connectivity index (χ1n) is 7.51. The number of hydrogen-bond donors (Lipinski definition) is 1. The van der Waals surface area contributed by atoms with E-state index in [2.05, 4.69) is 10.3 Å². The second-order valence-electron chi connectivity index (χ2n) is 5.29. The summed E-state index contributed by atoms with van der Waals surface area (Å²) in [6.45, 7) is 2.15. The Kier molecular flexibility index (Phi) is 4.37. The van der Waals surface area contributed by atoms with E-state index in [1.165, 1.54) is 12.1 Å². The molecule has 0 amide bonds. The smallest absolute Gasteiger partial charge is 0.328 e. The molecular weight excluding hydrogens is 295 g/mol. The van der Waals surface area contributed by atoms with Gasteiger partial charge in [-0.15, -0.1) is 0 Å². The zero-order chi connectivity index (χ0) is 16.2. The van der Waals surface area contributed by atoms with Crippen LogP contribution in [0.1, 0.15) is 19.0 Å². The molecule has 118 valence electrons. The number of pyridine rings is 1. The molecule has 1 aliphatic heterocycles. The highest BCUT2D eigenvalue weighted by molar-refractivity contribution is 5.82. The van der Waals surface area contributed by atoms with E-state index in [0.717, 1.165) is 22.4 Å². The van der Waals surface area contributed by atoms with Crippen molar-refractivity contribution < 1.29 is 13.9 Å². The molecule has 1 atom stereocenters. The molecule has 1 aromatic carbocycles. The van der Waals surface area contributed by atoms with Crippen molar-refractivity contribution in [2.24, 2.45) is 0 Å². The number of carbonyl (C=O) groups excluding carboxylic acids is 1. The molecule has 1 aliphatic rings. The maximum absolute atomic E-state index is 13.3. The second-order valence-corrected chi connectivity index (χ2v) is 5.29. The van der Waals surface area contributed by atoms with Crippen molar-refractivity contribution in [1.29, 1.82) is 0 Å². The Bertz CT molecular complexity index is 741. The van der Waals surface area contributed by atoms with Crippen LogP contribution in [0.25, 0.3) is 16.7 Å². The highest BCUT2D eigenvalue weighted by Gasteiger charge is 2.25.